The molecule has 1 aromatic carbocycles. The zero-order chi connectivity index (χ0) is 17.8. The highest BCUT2D eigenvalue weighted by atomic mass is 16.4. The summed E-state index contributed by atoms with van der Waals surface area (Å²) >= 11 is 0. The highest BCUT2D eigenvalue weighted by molar-refractivity contribution is 5.67. The lowest BCUT2D eigenvalue weighted by atomic mass is 10.0. The molecule has 2 fully saturated rings. The van der Waals surface area contributed by atoms with E-state index in [0.717, 1.165) is 32.4 Å². The van der Waals surface area contributed by atoms with Gasteiger partial charge in [-0.2, -0.15) is 0 Å². The van der Waals surface area contributed by atoms with Crippen LogP contribution in [0.5, 0.6) is 0 Å². The number of carbonyl (C=O) groups is 1. The van der Waals surface area contributed by atoms with Crippen molar-refractivity contribution in [3.8, 4) is 0 Å². The van der Waals surface area contributed by atoms with Gasteiger partial charge in [-0.05, 0) is 31.7 Å². The normalized spacial score (nSPS) is 25.0. The van der Waals surface area contributed by atoms with Crippen LogP contribution in [0.1, 0.15) is 31.7 Å². The van der Waals surface area contributed by atoms with Crippen LogP contribution in [0.2, 0.25) is 0 Å². The number of amides is 1. The first-order chi connectivity index (χ1) is 12.1. The van der Waals surface area contributed by atoms with Gasteiger partial charge in [-0.1, -0.05) is 42.0 Å². The Bertz CT molecular complexity index is 609. The monoisotopic (exact) mass is 344 g/mol. The van der Waals surface area contributed by atoms with Gasteiger partial charge < -0.3 is 20.0 Å². The van der Waals surface area contributed by atoms with Crippen LogP contribution in [-0.4, -0.2) is 64.4 Å². The lowest BCUT2D eigenvalue weighted by molar-refractivity contribution is 0.0787. The summed E-state index contributed by atoms with van der Waals surface area (Å²) in [5.41, 5.74) is 2.44. The molecule has 2 aliphatic rings. The molecule has 3 rings (SSSR count). The number of rotatable bonds is 6. The summed E-state index contributed by atoms with van der Waals surface area (Å²) < 4.78 is 0. The minimum absolute atomic E-state index is 0.104. The average Bonchev–Trinajstić information content (AvgIpc) is 3.38. The Balaban J connectivity index is 1.62. The van der Waals surface area contributed by atoms with Crippen LogP contribution in [-0.2, 0) is 0 Å². The van der Waals surface area contributed by atoms with Crippen molar-refractivity contribution < 1.29 is 15.0 Å². The second-order valence-corrected chi connectivity index (χ2v) is 7.19. The summed E-state index contributed by atoms with van der Waals surface area (Å²) in [6.07, 6.45) is 4.03. The molecule has 2 N–H and O–H groups in total. The first kappa shape index (κ1) is 18.0. The van der Waals surface area contributed by atoms with Gasteiger partial charge >= 0.3 is 6.09 Å². The second kappa shape index (κ2) is 8.02. The van der Waals surface area contributed by atoms with Gasteiger partial charge in [0.15, 0.2) is 0 Å². The third-order valence-electron chi connectivity index (χ3n) is 5.48. The second-order valence-electron chi connectivity index (χ2n) is 7.19. The van der Waals surface area contributed by atoms with E-state index in [1.54, 1.807) is 4.90 Å². The number of hydrogen-bond acceptors (Lipinski definition) is 3. The minimum Gasteiger partial charge on any atom is -0.465 e. The molecule has 1 aromatic rings. The predicted octanol–water partition coefficient (Wildman–Crippen LogP) is 2.92. The van der Waals surface area contributed by atoms with Gasteiger partial charge in [0, 0.05) is 37.6 Å². The molecular formula is C20H28N2O3. The molecule has 0 aromatic heterocycles. The first-order valence-electron chi connectivity index (χ1n) is 9.18. The van der Waals surface area contributed by atoms with Crippen molar-refractivity contribution in [2.75, 3.05) is 26.2 Å². The summed E-state index contributed by atoms with van der Waals surface area (Å²) in [6.45, 7) is 4.70. The van der Waals surface area contributed by atoms with Crippen molar-refractivity contribution in [3.05, 3.63) is 41.5 Å². The molecule has 5 nitrogen and oxygen atoms in total. The Morgan fingerprint density at radius 2 is 1.96 bits per heavy atom. The van der Waals surface area contributed by atoms with Gasteiger partial charge in [0.05, 0.1) is 6.61 Å². The molecule has 1 saturated heterocycles. The van der Waals surface area contributed by atoms with Crippen molar-refractivity contribution in [1.29, 1.82) is 0 Å². The molecule has 1 unspecified atom stereocenters. The fourth-order valence-corrected chi connectivity index (χ4v) is 4.03. The Morgan fingerprint density at radius 3 is 2.56 bits per heavy atom. The Kier molecular flexibility index (Phi) is 5.76. The number of likely N-dealkylation sites (tertiary alicyclic amines) is 1. The van der Waals surface area contributed by atoms with Gasteiger partial charge in [0.25, 0.3) is 0 Å². The number of aliphatic hydroxyl groups is 1. The standard InChI is InChI=1S/C20H28N2O3/c1-15(13-16-5-3-2-4-6-16)18-14-19(18)22(20(24)25)17-7-9-21(10-8-17)11-12-23/h2-6,13,17-19,23H,7-12,14H2,1H3,(H,24,25)/t18?,19-/m0/s1. The summed E-state index contributed by atoms with van der Waals surface area (Å²) in [6, 6.07) is 10.4. The van der Waals surface area contributed by atoms with E-state index in [9.17, 15) is 9.90 Å². The lowest BCUT2D eigenvalue weighted by Gasteiger charge is -2.37. The van der Waals surface area contributed by atoms with Gasteiger partial charge in [0.2, 0.25) is 0 Å². The summed E-state index contributed by atoms with van der Waals surface area (Å²) in [4.78, 5) is 15.8. The van der Waals surface area contributed by atoms with E-state index in [1.165, 1.54) is 11.1 Å². The molecule has 1 heterocycles. The van der Waals surface area contributed by atoms with Crippen molar-refractivity contribution >= 4 is 12.2 Å². The van der Waals surface area contributed by atoms with Crippen molar-refractivity contribution in [2.45, 2.75) is 38.3 Å². The van der Waals surface area contributed by atoms with Crippen molar-refractivity contribution in [3.63, 3.8) is 0 Å². The predicted molar refractivity (Wildman–Crippen MR) is 98.4 cm³/mol. The van der Waals surface area contributed by atoms with E-state index >= 15 is 0 Å². The van der Waals surface area contributed by atoms with Crippen molar-refractivity contribution in [1.82, 2.24) is 9.80 Å². The summed E-state index contributed by atoms with van der Waals surface area (Å²) in [5, 5.41) is 18.8. The van der Waals surface area contributed by atoms with Crippen LogP contribution < -0.4 is 0 Å². The number of aliphatic hydroxyl groups excluding tert-OH is 1. The topological polar surface area (TPSA) is 64.0 Å². The number of carboxylic acid groups (broad SMARTS) is 1. The first-order valence-corrected chi connectivity index (χ1v) is 9.18. The van der Waals surface area contributed by atoms with E-state index in [1.807, 2.05) is 18.2 Å². The van der Waals surface area contributed by atoms with Crippen LogP contribution in [0.15, 0.2) is 35.9 Å². The fraction of sp³-hybridized carbons (Fsp3) is 0.550. The maximum Gasteiger partial charge on any atom is 0.407 e. The molecule has 0 spiro atoms. The van der Waals surface area contributed by atoms with E-state index in [0.29, 0.717) is 12.5 Å². The van der Waals surface area contributed by atoms with Gasteiger partial charge in [-0.3, -0.25) is 0 Å². The maximum absolute atomic E-state index is 11.9. The maximum atomic E-state index is 11.9. The molecule has 1 amide bonds. The van der Waals surface area contributed by atoms with Crippen LogP contribution >= 0.6 is 0 Å². The lowest BCUT2D eigenvalue weighted by Crippen LogP contribution is -2.48. The molecule has 2 atom stereocenters. The summed E-state index contributed by atoms with van der Waals surface area (Å²) in [7, 11) is 0. The van der Waals surface area contributed by atoms with Crippen LogP contribution in [0.4, 0.5) is 4.79 Å². The highest BCUT2D eigenvalue weighted by Gasteiger charge is 2.47. The van der Waals surface area contributed by atoms with Crippen LogP contribution in [0.25, 0.3) is 6.08 Å². The van der Waals surface area contributed by atoms with Gasteiger partial charge in [-0.15, -0.1) is 0 Å². The molecular weight excluding hydrogens is 316 g/mol. The van der Waals surface area contributed by atoms with Crippen molar-refractivity contribution in [2.24, 2.45) is 5.92 Å². The third-order valence-corrected chi connectivity index (χ3v) is 5.48. The Morgan fingerprint density at radius 1 is 1.28 bits per heavy atom. The zero-order valence-corrected chi connectivity index (χ0v) is 14.8. The zero-order valence-electron chi connectivity index (χ0n) is 14.8. The molecule has 136 valence electrons. The largest absolute Gasteiger partial charge is 0.465 e. The molecule has 5 heteroatoms. The molecule has 0 bridgehead atoms. The van der Waals surface area contributed by atoms with E-state index in [4.69, 9.17) is 5.11 Å². The minimum atomic E-state index is -0.791. The molecule has 1 saturated carbocycles. The van der Waals surface area contributed by atoms with Gasteiger partial charge in [-0.25, -0.2) is 4.79 Å². The van der Waals surface area contributed by atoms with Crippen LogP contribution in [0, 0.1) is 5.92 Å². The third kappa shape index (κ3) is 4.41. The Hall–Kier alpha value is -1.85. The molecule has 1 aliphatic heterocycles. The SMILES string of the molecule is CC(=Cc1ccccc1)C1C[C@@H]1N(C(=O)O)C1CCN(CCO)CC1. The molecule has 1 aliphatic carbocycles. The quantitative estimate of drug-likeness (QED) is 0.833. The number of piperidine rings is 1. The Labute approximate surface area is 149 Å². The summed E-state index contributed by atoms with van der Waals surface area (Å²) in [5.74, 6) is 0.340. The number of hydrogen-bond donors (Lipinski definition) is 2. The number of nitrogens with zero attached hydrogens (tertiary/aromatic N) is 2. The van der Waals surface area contributed by atoms with Gasteiger partial charge in [0.1, 0.15) is 0 Å². The number of benzene rings is 1. The van der Waals surface area contributed by atoms with E-state index in [2.05, 4.69) is 30.0 Å². The van der Waals surface area contributed by atoms with E-state index < -0.39 is 6.09 Å². The molecule has 0 radical (unpaired) electrons. The van der Waals surface area contributed by atoms with Crippen LogP contribution in [0.3, 0.4) is 0 Å². The average molecular weight is 344 g/mol. The molecule has 25 heavy (non-hydrogen) atoms. The fourth-order valence-electron chi connectivity index (χ4n) is 4.03. The highest BCUT2D eigenvalue weighted by Crippen LogP contribution is 2.44. The smallest absolute Gasteiger partial charge is 0.407 e. The number of β-amino-alcohol motifs (C(OH)–C–C–N with tert-alkyl or cyclic N) is 1. The van der Waals surface area contributed by atoms with E-state index in [-0.39, 0.29) is 18.7 Å².